The van der Waals surface area contributed by atoms with Crippen molar-refractivity contribution in [1.82, 2.24) is 10.1 Å². The number of benzene rings is 1. The zero-order valence-corrected chi connectivity index (χ0v) is 16.0. The van der Waals surface area contributed by atoms with E-state index in [1.165, 1.54) is 0 Å². The van der Waals surface area contributed by atoms with Crippen LogP contribution in [0.15, 0.2) is 22.9 Å². The lowest BCUT2D eigenvalue weighted by Gasteiger charge is -2.21. The van der Waals surface area contributed by atoms with Gasteiger partial charge in [-0.25, -0.2) is 8.42 Å². The number of hydrogen-bond acceptors (Lipinski definition) is 5. The van der Waals surface area contributed by atoms with E-state index in [-0.39, 0.29) is 17.4 Å². The molecule has 3 heterocycles. The smallest absolute Gasteiger partial charge is 0.250 e. The van der Waals surface area contributed by atoms with Crippen LogP contribution in [0.1, 0.15) is 46.1 Å². The largest absolute Gasteiger partial charge is 0.366 e. The van der Waals surface area contributed by atoms with Crippen molar-refractivity contribution >= 4 is 26.6 Å². The third-order valence-corrected chi connectivity index (χ3v) is 7.12. The Balaban J connectivity index is 1.89. The molecule has 2 aromatic heterocycles. The molecule has 7 nitrogen and oxygen atoms in total. The second-order valence-corrected chi connectivity index (χ2v) is 9.48. The molecule has 0 spiro atoms. The first-order valence-corrected chi connectivity index (χ1v) is 10.7. The first-order chi connectivity index (χ1) is 12.8. The molecule has 0 saturated carbocycles. The van der Waals surface area contributed by atoms with Gasteiger partial charge in [-0.3, -0.25) is 4.79 Å². The van der Waals surface area contributed by atoms with Gasteiger partial charge < -0.3 is 15.2 Å². The van der Waals surface area contributed by atoms with Crippen LogP contribution >= 0.6 is 0 Å². The molecule has 3 N–H and O–H groups in total. The van der Waals surface area contributed by atoms with E-state index < -0.39 is 15.7 Å². The third kappa shape index (κ3) is 3.03. The number of nitrogens with two attached hydrogens (primary N) is 1. The number of aromatic nitrogens is 2. The number of sulfone groups is 1. The quantitative estimate of drug-likeness (QED) is 0.716. The van der Waals surface area contributed by atoms with Crippen molar-refractivity contribution in [2.45, 2.75) is 32.6 Å². The Morgan fingerprint density at radius 2 is 1.96 bits per heavy atom. The average Bonchev–Trinajstić information content (AvgIpc) is 3.17. The van der Waals surface area contributed by atoms with Gasteiger partial charge in [0, 0.05) is 17.1 Å². The molecule has 0 atom stereocenters. The van der Waals surface area contributed by atoms with Crippen molar-refractivity contribution in [1.29, 1.82) is 0 Å². The molecular formula is C19H21N3O4S. The summed E-state index contributed by atoms with van der Waals surface area (Å²) in [7, 11) is -2.94. The van der Waals surface area contributed by atoms with Gasteiger partial charge in [0.1, 0.15) is 15.6 Å². The monoisotopic (exact) mass is 387 g/mol. The predicted octanol–water partition coefficient (Wildman–Crippen LogP) is 2.83. The van der Waals surface area contributed by atoms with Crippen molar-refractivity contribution in [3.63, 3.8) is 0 Å². The maximum atomic E-state index is 12.1. The molecule has 1 aliphatic rings. The molecule has 8 heteroatoms. The van der Waals surface area contributed by atoms with Gasteiger partial charge in [0.25, 0.3) is 5.91 Å². The fourth-order valence-corrected chi connectivity index (χ4v) is 5.52. The van der Waals surface area contributed by atoms with Crippen molar-refractivity contribution in [2.24, 2.45) is 5.73 Å². The van der Waals surface area contributed by atoms with E-state index >= 15 is 0 Å². The highest BCUT2D eigenvalue weighted by Gasteiger charge is 2.27. The minimum absolute atomic E-state index is 0.128. The molecule has 3 aromatic rings. The highest BCUT2D eigenvalue weighted by molar-refractivity contribution is 7.91. The Kier molecular flexibility index (Phi) is 4.10. The van der Waals surface area contributed by atoms with Gasteiger partial charge in [-0.1, -0.05) is 5.16 Å². The minimum Gasteiger partial charge on any atom is -0.366 e. The Morgan fingerprint density at radius 1 is 1.26 bits per heavy atom. The lowest BCUT2D eigenvalue weighted by atomic mass is 9.90. The highest BCUT2D eigenvalue weighted by Crippen LogP contribution is 2.38. The Labute approximate surface area is 156 Å². The second-order valence-electron chi connectivity index (χ2n) is 7.18. The second kappa shape index (κ2) is 6.23. The van der Waals surface area contributed by atoms with Gasteiger partial charge in [-0.15, -0.1) is 0 Å². The summed E-state index contributed by atoms with van der Waals surface area (Å²) in [6.45, 7) is 3.68. The zero-order valence-electron chi connectivity index (χ0n) is 15.2. The first kappa shape index (κ1) is 17.8. The Morgan fingerprint density at radius 3 is 2.56 bits per heavy atom. The molecule has 1 amide bonds. The summed E-state index contributed by atoms with van der Waals surface area (Å²) in [5.41, 5.74) is 10.1. The molecule has 0 aliphatic carbocycles. The number of amides is 1. The summed E-state index contributed by atoms with van der Waals surface area (Å²) >= 11 is 0. The third-order valence-electron chi connectivity index (χ3n) is 5.40. The minimum atomic E-state index is -2.94. The van der Waals surface area contributed by atoms with Gasteiger partial charge in [0.15, 0.2) is 0 Å². The molecule has 0 bridgehead atoms. The van der Waals surface area contributed by atoms with Crippen LogP contribution in [0.3, 0.4) is 0 Å². The highest BCUT2D eigenvalue weighted by atomic mass is 32.2. The fraction of sp³-hybridized carbons (Fsp3) is 0.368. The maximum Gasteiger partial charge on any atom is 0.250 e. The zero-order chi connectivity index (χ0) is 19.3. The van der Waals surface area contributed by atoms with Crippen LogP contribution in [0.25, 0.3) is 22.0 Å². The lowest BCUT2D eigenvalue weighted by Crippen LogP contribution is -2.22. The average molecular weight is 387 g/mol. The molecule has 1 saturated heterocycles. The molecule has 142 valence electrons. The lowest BCUT2D eigenvalue weighted by molar-refractivity contribution is 0.100. The number of carbonyl (C=O) groups is 1. The van der Waals surface area contributed by atoms with E-state index in [0.717, 1.165) is 27.8 Å². The van der Waals surface area contributed by atoms with Gasteiger partial charge in [0.05, 0.1) is 28.3 Å². The molecule has 27 heavy (non-hydrogen) atoms. The van der Waals surface area contributed by atoms with Crippen molar-refractivity contribution in [3.8, 4) is 11.1 Å². The standard InChI is InChI=1S/C19H21N3O4S/c1-10-17(11(2)26-22-10)13-7-14-16(12-3-5-27(24,25)6-4-12)9-21-18(14)15(8-13)19(20)23/h7-9,12,21H,3-6H2,1-2H3,(H2,20,23). The number of aromatic amines is 1. The summed E-state index contributed by atoms with van der Waals surface area (Å²) in [5, 5.41) is 4.89. The summed E-state index contributed by atoms with van der Waals surface area (Å²) in [6, 6.07) is 3.76. The van der Waals surface area contributed by atoms with E-state index in [1.807, 2.05) is 26.1 Å². The van der Waals surface area contributed by atoms with E-state index in [0.29, 0.717) is 29.7 Å². The number of aryl methyl sites for hydroxylation is 2. The summed E-state index contributed by atoms with van der Waals surface area (Å²) < 4.78 is 28.8. The van der Waals surface area contributed by atoms with Crippen LogP contribution in [0.5, 0.6) is 0 Å². The van der Waals surface area contributed by atoms with Crippen LogP contribution in [0.2, 0.25) is 0 Å². The van der Waals surface area contributed by atoms with Gasteiger partial charge >= 0.3 is 0 Å². The molecular weight excluding hydrogens is 366 g/mol. The van der Waals surface area contributed by atoms with Crippen molar-refractivity contribution in [3.05, 3.63) is 40.9 Å². The van der Waals surface area contributed by atoms with Gasteiger partial charge in [0.2, 0.25) is 0 Å². The summed E-state index contributed by atoms with van der Waals surface area (Å²) in [5.74, 6) is 0.659. The van der Waals surface area contributed by atoms with Crippen molar-refractivity contribution < 1.29 is 17.7 Å². The molecule has 4 rings (SSSR count). The van der Waals surface area contributed by atoms with Crippen LogP contribution in [0.4, 0.5) is 0 Å². The number of hydrogen-bond donors (Lipinski definition) is 2. The van der Waals surface area contributed by atoms with Crippen LogP contribution in [-0.4, -0.2) is 36.0 Å². The van der Waals surface area contributed by atoms with E-state index in [9.17, 15) is 13.2 Å². The van der Waals surface area contributed by atoms with E-state index in [1.54, 1.807) is 6.07 Å². The topological polar surface area (TPSA) is 119 Å². The molecule has 0 radical (unpaired) electrons. The number of nitrogens with zero attached hydrogens (tertiary/aromatic N) is 1. The van der Waals surface area contributed by atoms with E-state index in [2.05, 4.69) is 10.1 Å². The SMILES string of the molecule is Cc1noc(C)c1-c1cc(C(N)=O)c2[nH]cc(C3CCS(=O)(=O)CC3)c2c1. The fourth-order valence-electron chi connectivity index (χ4n) is 4.03. The summed E-state index contributed by atoms with van der Waals surface area (Å²) in [4.78, 5) is 15.2. The van der Waals surface area contributed by atoms with Crippen LogP contribution in [-0.2, 0) is 9.84 Å². The number of rotatable bonds is 3. The van der Waals surface area contributed by atoms with E-state index in [4.69, 9.17) is 10.3 Å². The van der Waals surface area contributed by atoms with Crippen LogP contribution < -0.4 is 5.73 Å². The normalized spacial score (nSPS) is 17.4. The first-order valence-electron chi connectivity index (χ1n) is 8.85. The molecule has 1 aromatic carbocycles. The molecule has 0 unspecified atom stereocenters. The number of carbonyl (C=O) groups excluding carboxylic acids is 1. The molecule has 1 fully saturated rings. The predicted molar refractivity (Wildman–Crippen MR) is 102 cm³/mol. The number of nitrogens with one attached hydrogen (secondary N) is 1. The van der Waals surface area contributed by atoms with Crippen molar-refractivity contribution in [2.75, 3.05) is 11.5 Å². The number of H-pyrrole nitrogens is 1. The summed E-state index contributed by atoms with van der Waals surface area (Å²) in [6.07, 6.45) is 3.03. The Bertz CT molecular complexity index is 1120. The number of fused-ring (bicyclic) bond motifs is 1. The molecule has 1 aliphatic heterocycles. The van der Waals surface area contributed by atoms with Gasteiger partial charge in [-0.2, -0.15) is 0 Å². The maximum absolute atomic E-state index is 12.1. The number of primary amides is 1. The van der Waals surface area contributed by atoms with Gasteiger partial charge in [-0.05, 0) is 55.9 Å². The van der Waals surface area contributed by atoms with Crippen LogP contribution in [0, 0.1) is 13.8 Å². The Hall–Kier alpha value is -2.61.